The van der Waals surface area contributed by atoms with Crippen molar-refractivity contribution in [1.82, 2.24) is 20.5 Å². The average Bonchev–Trinajstić information content (AvgIpc) is 3.20. The van der Waals surface area contributed by atoms with Gasteiger partial charge in [-0.3, -0.25) is 24.7 Å². The molecule has 0 radical (unpaired) electrons. The molecule has 2 aromatic rings. The summed E-state index contributed by atoms with van der Waals surface area (Å²) in [6, 6.07) is 2.34. The van der Waals surface area contributed by atoms with E-state index >= 15 is 4.39 Å². The summed E-state index contributed by atoms with van der Waals surface area (Å²) in [5.74, 6) is -3.60. The highest BCUT2D eigenvalue weighted by molar-refractivity contribution is 6.32. The molecule has 1 saturated carbocycles. The molecule has 3 aliphatic rings. The van der Waals surface area contributed by atoms with Gasteiger partial charge in [0.2, 0.25) is 11.8 Å². The van der Waals surface area contributed by atoms with Crippen molar-refractivity contribution in [3.8, 4) is 5.75 Å². The van der Waals surface area contributed by atoms with Crippen LogP contribution in [0, 0.1) is 5.82 Å². The number of amides is 4. The lowest BCUT2D eigenvalue weighted by Crippen LogP contribution is -2.52. The van der Waals surface area contributed by atoms with Gasteiger partial charge in [0.15, 0.2) is 5.75 Å². The standard InChI is InChI=1S/C25H21ClF4N4O6/c26-15-8-12(20(27)19-14(15)9-34(23(19)37)16-3-4-18(35)33-22(16)36)10-39-24(38)32-13-6-11(7-13)21-17(2-1-5-31-21)40-25(28,29)30/h1-2,5,8,11,13,16H,3-4,6-7,9-10H2,(H,32,38)(H,33,35,36). The van der Waals surface area contributed by atoms with Crippen molar-refractivity contribution in [2.45, 2.75) is 63.2 Å². The maximum atomic E-state index is 15.3. The van der Waals surface area contributed by atoms with E-state index in [1.807, 2.05) is 0 Å². The first-order valence-corrected chi connectivity index (χ1v) is 12.6. The number of fused-ring (bicyclic) bond motifs is 1. The van der Waals surface area contributed by atoms with Crippen LogP contribution in [0.2, 0.25) is 5.02 Å². The van der Waals surface area contributed by atoms with Crippen LogP contribution in [-0.2, 0) is 27.5 Å². The van der Waals surface area contributed by atoms with E-state index < -0.39 is 60.4 Å². The van der Waals surface area contributed by atoms with Gasteiger partial charge in [0, 0.05) is 47.3 Å². The molecule has 5 rings (SSSR count). The summed E-state index contributed by atoms with van der Waals surface area (Å²) in [4.78, 5) is 54.1. The predicted octanol–water partition coefficient (Wildman–Crippen LogP) is 3.71. The fraction of sp³-hybridized carbons (Fsp3) is 0.400. The van der Waals surface area contributed by atoms with Gasteiger partial charge in [0.25, 0.3) is 5.91 Å². The minimum Gasteiger partial charge on any atom is -0.445 e. The Bertz CT molecular complexity index is 1400. The van der Waals surface area contributed by atoms with E-state index in [1.165, 1.54) is 18.3 Å². The largest absolute Gasteiger partial charge is 0.573 e. The Balaban J connectivity index is 1.18. The molecule has 1 aliphatic carbocycles. The molecule has 0 bridgehead atoms. The molecule has 1 aromatic heterocycles. The first-order valence-electron chi connectivity index (χ1n) is 12.2. The van der Waals surface area contributed by atoms with Crippen molar-refractivity contribution in [2.75, 3.05) is 0 Å². The van der Waals surface area contributed by atoms with E-state index in [1.54, 1.807) is 0 Å². The lowest BCUT2D eigenvalue weighted by atomic mass is 9.77. The van der Waals surface area contributed by atoms with Crippen LogP contribution in [-0.4, -0.2) is 52.1 Å². The number of benzene rings is 1. The van der Waals surface area contributed by atoms with E-state index in [0.29, 0.717) is 0 Å². The summed E-state index contributed by atoms with van der Waals surface area (Å²) < 4.78 is 62.4. The Morgan fingerprint density at radius 1 is 1.25 bits per heavy atom. The highest BCUT2D eigenvalue weighted by Crippen LogP contribution is 2.41. The van der Waals surface area contributed by atoms with Crippen molar-refractivity contribution in [3.05, 3.63) is 57.6 Å². The molecule has 2 fully saturated rings. The van der Waals surface area contributed by atoms with Crippen molar-refractivity contribution < 1.29 is 46.2 Å². The van der Waals surface area contributed by atoms with Crippen LogP contribution in [0.3, 0.4) is 0 Å². The van der Waals surface area contributed by atoms with E-state index in [0.717, 1.165) is 11.0 Å². The summed E-state index contributed by atoms with van der Waals surface area (Å²) in [5, 5.41) is 4.76. The topological polar surface area (TPSA) is 127 Å². The molecule has 1 saturated heterocycles. The van der Waals surface area contributed by atoms with Crippen molar-refractivity contribution >= 4 is 35.4 Å². The third-order valence-corrected chi connectivity index (χ3v) is 7.35. The van der Waals surface area contributed by atoms with Crippen molar-refractivity contribution in [1.29, 1.82) is 0 Å². The van der Waals surface area contributed by atoms with Gasteiger partial charge in [-0.1, -0.05) is 11.6 Å². The van der Waals surface area contributed by atoms with Crippen molar-refractivity contribution in [3.63, 3.8) is 0 Å². The molecule has 3 heterocycles. The fourth-order valence-corrected chi connectivity index (χ4v) is 5.33. The zero-order chi connectivity index (χ0) is 28.8. The van der Waals surface area contributed by atoms with Crippen LogP contribution in [0.25, 0.3) is 0 Å². The molecule has 40 heavy (non-hydrogen) atoms. The zero-order valence-corrected chi connectivity index (χ0v) is 21.3. The first-order chi connectivity index (χ1) is 18.9. The van der Waals surface area contributed by atoms with Crippen molar-refractivity contribution in [2.24, 2.45) is 0 Å². The number of hydrogen-bond acceptors (Lipinski definition) is 7. The van der Waals surface area contributed by atoms with Gasteiger partial charge in [0.1, 0.15) is 18.5 Å². The molecule has 2 N–H and O–H groups in total. The van der Waals surface area contributed by atoms with Crippen LogP contribution < -0.4 is 15.4 Å². The maximum Gasteiger partial charge on any atom is 0.573 e. The van der Waals surface area contributed by atoms with Gasteiger partial charge < -0.3 is 19.7 Å². The second kappa shape index (κ2) is 10.6. The number of rotatable bonds is 6. The molecule has 10 nitrogen and oxygen atoms in total. The summed E-state index contributed by atoms with van der Waals surface area (Å²) in [5.41, 5.74) is -0.181. The Labute approximate surface area is 228 Å². The zero-order valence-electron chi connectivity index (χ0n) is 20.5. The average molecular weight is 585 g/mol. The molecular formula is C25H21ClF4N4O6. The highest BCUT2D eigenvalue weighted by atomic mass is 35.5. The Morgan fingerprint density at radius 3 is 2.70 bits per heavy atom. The van der Waals surface area contributed by atoms with Gasteiger partial charge in [-0.15, -0.1) is 13.2 Å². The predicted molar refractivity (Wildman–Crippen MR) is 127 cm³/mol. The molecule has 212 valence electrons. The summed E-state index contributed by atoms with van der Waals surface area (Å²) >= 11 is 6.29. The van der Waals surface area contributed by atoms with Crippen LogP contribution >= 0.6 is 11.6 Å². The minimum atomic E-state index is -4.87. The number of imide groups is 1. The molecule has 4 amide bonds. The SMILES string of the molecule is O=C1CCC(N2Cc3c(Cl)cc(COC(=O)NC4CC(c5ncccc5OC(F)(F)F)C4)c(F)c3C2=O)C(=O)N1. The second-order valence-electron chi connectivity index (χ2n) is 9.61. The number of alkyl halides is 3. The third kappa shape index (κ3) is 5.53. The number of ether oxygens (including phenoxy) is 2. The van der Waals surface area contributed by atoms with Crippen LogP contribution in [0.1, 0.15) is 58.8 Å². The number of carbonyl (C=O) groups excluding carboxylic acids is 4. The van der Waals surface area contributed by atoms with E-state index in [-0.39, 0.29) is 65.6 Å². The minimum absolute atomic E-state index is 0.0348. The number of nitrogens with zero attached hydrogens (tertiary/aromatic N) is 2. The lowest BCUT2D eigenvalue weighted by Gasteiger charge is -2.35. The molecule has 1 atom stereocenters. The van der Waals surface area contributed by atoms with Crippen LogP contribution in [0.5, 0.6) is 5.75 Å². The molecule has 0 spiro atoms. The Hall–Kier alpha value is -3.94. The molecule has 15 heteroatoms. The Kier molecular flexibility index (Phi) is 7.29. The van der Waals surface area contributed by atoms with Crippen LogP contribution in [0.15, 0.2) is 24.4 Å². The summed E-state index contributed by atoms with van der Waals surface area (Å²) in [6.45, 7) is -0.678. The van der Waals surface area contributed by atoms with E-state index in [9.17, 15) is 32.3 Å². The monoisotopic (exact) mass is 584 g/mol. The number of piperidine rings is 1. The van der Waals surface area contributed by atoms with Gasteiger partial charge in [-0.2, -0.15) is 0 Å². The smallest absolute Gasteiger partial charge is 0.445 e. The van der Waals surface area contributed by atoms with Gasteiger partial charge >= 0.3 is 12.5 Å². The Morgan fingerprint density at radius 2 is 2.00 bits per heavy atom. The number of hydrogen-bond donors (Lipinski definition) is 2. The quantitative estimate of drug-likeness (QED) is 0.391. The summed E-state index contributed by atoms with van der Waals surface area (Å²) in [7, 11) is 0. The van der Waals surface area contributed by atoms with Gasteiger partial charge in [-0.05, 0) is 37.5 Å². The molecule has 1 unspecified atom stereocenters. The van der Waals surface area contributed by atoms with E-state index in [4.69, 9.17) is 16.3 Å². The molecule has 2 aliphatic heterocycles. The number of carbonyl (C=O) groups is 4. The number of halogens is 5. The first kappa shape index (κ1) is 27.6. The third-order valence-electron chi connectivity index (χ3n) is 7.01. The number of pyridine rings is 1. The van der Waals surface area contributed by atoms with E-state index in [2.05, 4.69) is 20.4 Å². The molecule has 1 aromatic carbocycles. The van der Waals surface area contributed by atoms with Gasteiger partial charge in [-0.25, -0.2) is 9.18 Å². The fourth-order valence-electron chi connectivity index (χ4n) is 5.05. The summed E-state index contributed by atoms with van der Waals surface area (Å²) in [6.07, 6.45) is -3.73. The maximum absolute atomic E-state index is 15.3. The normalized spacial score (nSPS) is 22.4. The number of nitrogens with one attached hydrogen (secondary N) is 2. The number of alkyl carbamates (subject to hydrolysis) is 1. The van der Waals surface area contributed by atoms with Crippen LogP contribution in [0.4, 0.5) is 22.4 Å². The second-order valence-corrected chi connectivity index (χ2v) is 10.0. The lowest BCUT2D eigenvalue weighted by molar-refractivity contribution is -0.275. The van der Waals surface area contributed by atoms with Gasteiger partial charge in [0.05, 0.1) is 11.3 Å². The number of aromatic nitrogens is 1. The highest BCUT2D eigenvalue weighted by Gasteiger charge is 2.42. The molecular weight excluding hydrogens is 564 g/mol.